The van der Waals surface area contributed by atoms with Gasteiger partial charge in [0.25, 0.3) is 5.56 Å². The zero-order valence-corrected chi connectivity index (χ0v) is 19.2. The topological polar surface area (TPSA) is 76.8 Å². The van der Waals surface area contributed by atoms with Crippen LogP contribution in [-0.2, 0) is 19.0 Å². The van der Waals surface area contributed by atoms with E-state index < -0.39 is 23.4 Å². The van der Waals surface area contributed by atoms with E-state index in [2.05, 4.69) is 5.10 Å². The third-order valence-corrected chi connectivity index (χ3v) is 6.52. The molecule has 0 spiro atoms. The van der Waals surface area contributed by atoms with Crippen molar-refractivity contribution in [1.29, 1.82) is 0 Å². The SMILES string of the molecule is COc1cc(OC)cc(-c2nn(-c3cc(N4CC(O)C4)ccc3C(F)(F)F)c(=O)c3c2CCC3)c1. The minimum Gasteiger partial charge on any atom is -0.497 e. The summed E-state index contributed by atoms with van der Waals surface area (Å²) in [5.74, 6) is 1.000. The third kappa shape index (κ3) is 4.12. The van der Waals surface area contributed by atoms with Crippen LogP contribution < -0.4 is 19.9 Å². The van der Waals surface area contributed by atoms with Gasteiger partial charge in [-0.15, -0.1) is 0 Å². The number of aromatic nitrogens is 2. The number of β-amino-alcohol motifs (C(OH)–C–C–N with tert-alkyl or cyclic N) is 1. The van der Waals surface area contributed by atoms with Gasteiger partial charge in [-0.3, -0.25) is 4.79 Å². The van der Waals surface area contributed by atoms with Crippen molar-refractivity contribution in [3.8, 4) is 28.4 Å². The highest BCUT2D eigenvalue weighted by molar-refractivity contribution is 5.69. The molecule has 10 heteroatoms. The molecule has 2 aromatic carbocycles. The Bertz CT molecular complexity index is 1320. The summed E-state index contributed by atoms with van der Waals surface area (Å²) in [6.45, 7) is 0.623. The summed E-state index contributed by atoms with van der Waals surface area (Å²) in [6.07, 6.45) is -3.45. The molecule has 1 aliphatic carbocycles. The summed E-state index contributed by atoms with van der Waals surface area (Å²) in [5, 5.41) is 14.1. The van der Waals surface area contributed by atoms with Crippen LogP contribution in [0.2, 0.25) is 0 Å². The van der Waals surface area contributed by atoms with Gasteiger partial charge in [-0.1, -0.05) is 0 Å². The summed E-state index contributed by atoms with van der Waals surface area (Å²) < 4.78 is 53.7. The average molecular weight is 487 g/mol. The lowest BCUT2D eigenvalue weighted by Crippen LogP contribution is -2.50. The number of hydrogen-bond acceptors (Lipinski definition) is 6. The molecule has 184 valence electrons. The van der Waals surface area contributed by atoms with Crippen LogP contribution >= 0.6 is 0 Å². The van der Waals surface area contributed by atoms with E-state index in [0.717, 1.165) is 16.3 Å². The highest BCUT2D eigenvalue weighted by Crippen LogP contribution is 2.38. The molecule has 35 heavy (non-hydrogen) atoms. The molecule has 0 radical (unpaired) electrons. The number of alkyl halides is 3. The van der Waals surface area contributed by atoms with Crippen LogP contribution in [0.25, 0.3) is 16.9 Å². The fourth-order valence-corrected chi connectivity index (χ4v) is 4.71. The predicted octanol–water partition coefficient (Wildman–Crippen LogP) is 3.61. The number of ether oxygens (including phenoxy) is 2. The Kier molecular flexibility index (Phi) is 5.71. The Morgan fingerprint density at radius 1 is 1.00 bits per heavy atom. The minimum absolute atomic E-state index is 0.312. The van der Waals surface area contributed by atoms with Crippen LogP contribution in [0.4, 0.5) is 18.9 Å². The number of halogens is 3. The Labute approximate surface area is 199 Å². The second kappa shape index (κ2) is 8.60. The van der Waals surface area contributed by atoms with Crippen molar-refractivity contribution in [2.24, 2.45) is 0 Å². The molecule has 0 saturated carbocycles. The van der Waals surface area contributed by atoms with E-state index in [1.807, 2.05) is 0 Å². The van der Waals surface area contributed by atoms with Crippen LogP contribution in [0, 0.1) is 0 Å². The number of methoxy groups -OCH3 is 2. The fourth-order valence-electron chi connectivity index (χ4n) is 4.71. The average Bonchev–Trinajstić information content (AvgIpc) is 3.31. The first-order valence-corrected chi connectivity index (χ1v) is 11.2. The first-order valence-electron chi connectivity index (χ1n) is 11.2. The monoisotopic (exact) mass is 487 g/mol. The molecule has 1 fully saturated rings. The number of aliphatic hydroxyl groups is 1. The van der Waals surface area contributed by atoms with E-state index in [1.54, 1.807) is 23.1 Å². The molecule has 0 unspecified atom stereocenters. The van der Waals surface area contributed by atoms with Gasteiger partial charge in [0.05, 0.1) is 37.3 Å². The molecule has 1 aromatic heterocycles. The molecular weight excluding hydrogens is 463 g/mol. The molecule has 5 rings (SSSR count). The maximum atomic E-state index is 14.0. The number of nitrogens with zero attached hydrogens (tertiary/aromatic N) is 3. The van der Waals surface area contributed by atoms with Crippen LogP contribution in [0.3, 0.4) is 0 Å². The summed E-state index contributed by atoms with van der Waals surface area (Å²) in [7, 11) is 3.01. The molecule has 1 saturated heterocycles. The van der Waals surface area contributed by atoms with E-state index in [-0.39, 0.29) is 5.69 Å². The number of hydrogen-bond donors (Lipinski definition) is 1. The van der Waals surface area contributed by atoms with Crippen molar-refractivity contribution in [2.45, 2.75) is 31.5 Å². The Morgan fingerprint density at radius 2 is 1.66 bits per heavy atom. The van der Waals surface area contributed by atoms with Crippen LogP contribution in [0.1, 0.15) is 23.1 Å². The minimum atomic E-state index is -4.69. The Morgan fingerprint density at radius 3 is 2.26 bits per heavy atom. The molecule has 7 nitrogen and oxygen atoms in total. The summed E-state index contributed by atoms with van der Waals surface area (Å²) in [5.41, 5.74) is 0.846. The van der Waals surface area contributed by atoms with Crippen molar-refractivity contribution in [1.82, 2.24) is 9.78 Å². The molecule has 3 aromatic rings. The van der Waals surface area contributed by atoms with Crippen molar-refractivity contribution < 1.29 is 27.8 Å². The smallest absolute Gasteiger partial charge is 0.418 e. The van der Waals surface area contributed by atoms with Gasteiger partial charge in [0.15, 0.2) is 0 Å². The van der Waals surface area contributed by atoms with E-state index in [4.69, 9.17) is 9.47 Å². The van der Waals surface area contributed by atoms with Gasteiger partial charge < -0.3 is 19.5 Å². The Balaban J connectivity index is 1.75. The van der Waals surface area contributed by atoms with Gasteiger partial charge in [0, 0.05) is 36.0 Å². The van der Waals surface area contributed by atoms with Gasteiger partial charge in [-0.05, 0) is 55.2 Å². The lowest BCUT2D eigenvalue weighted by atomic mass is 10.0. The van der Waals surface area contributed by atoms with Crippen molar-refractivity contribution >= 4 is 5.69 Å². The molecule has 0 atom stereocenters. The Hall–Kier alpha value is -3.53. The second-order valence-corrected chi connectivity index (χ2v) is 8.74. The van der Waals surface area contributed by atoms with Crippen LogP contribution in [0.15, 0.2) is 41.2 Å². The van der Waals surface area contributed by atoms with Gasteiger partial charge in [0.1, 0.15) is 11.5 Å². The highest BCUT2D eigenvalue weighted by Gasteiger charge is 2.36. The lowest BCUT2D eigenvalue weighted by molar-refractivity contribution is -0.137. The van der Waals surface area contributed by atoms with Crippen LogP contribution in [-0.4, -0.2) is 48.3 Å². The first-order chi connectivity index (χ1) is 16.7. The van der Waals surface area contributed by atoms with E-state index >= 15 is 0 Å². The van der Waals surface area contributed by atoms with Crippen molar-refractivity contribution in [2.75, 3.05) is 32.2 Å². The molecular formula is C25H24F3N3O4. The molecule has 0 bridgehead atoms. The molecule has 1 aliphatic heterocycles. The van der Waals surface area contributed by atoms with Gasteiger partial charge in [0.2, 0.25) is 0 Å². The zero-order valence-electron chi connectivity index (χ0n) is 19.2. The predicted molar refractivity (Wildman–Crippen MR) is 124 cm³/mol. The molecule has 2 heterocycles. The van der Waals surface area contributed by atoms with E-state index in [0.29, 0.717) is 66.4 Å². The van der Waals surface area contributed by atoms with Gasteiger partial charge >= 0.3 is 6.18 Å². The lowest BCUT2D eigenvalue weighted by Gasteiger charge is -2.38. The maximum Gasteiger partial charge on any atom is 0.418 e. The standard InChI is InChI=1S/C25H24F3N3O4/c1-34-17-8-14(9-18(11-17)35-2)23-19-4-3-5-20(19)24(33)31(29-23)22-10-15(30-12-16(32)13-30)6-7-21(22)25(26,27)28/h6-11,16,32H,3-5,12-13H2,1-2H3. The largest absolute Gasteiger partial charge is 0.497 e. The van der Waals surface area contributed by atoms with Crippen molar-refractivity contribution in [3.63, 3.8) is 0 Å². The van der Waals surface area contributed by atoms with E-state index in [9.17, 15) is 23.1 Å². The number of rotatable bonds is 5. The first kappa shape index (κ1) is 23.2. The summed E-state index contributed by atoms with van der Waals surface area (Å²) >= 11 is 0. The fraction of sp³-hybridized carbons (Fsp3) is 0.360. The van der Waals surface area contributed by atoms with E-state index in [1.165, 1.54) is 26.4 Å². The molecule has 0 amide bonds. The number of fused-ring (bicyclic) bond motifs is 1. The quantitative estimate of drug-likeness (QED) is 0.593. The number of aliphatic hydroxyl groups excluding tert-OH is 1. The molecule has 1 N–H and O–H groups in total. The second-order valence-electron chi connectivity index (χ2n) is 8.74. The number of anilines is 1. The zero-order chi connectivity index (χ0) is 24.9. The normalized spacial score (nSPS) is 15.7. The van der Waals surface area contributed by atoms with Gasteiger partial charge in [-0.25, -0.2) is 0 Å². The van der Waals surface area contributed by atoms with Crippen LogP contribution in [0.5, 0.6) is 11.5 Å². The summed E-state index contributed by atoms with van der Waals surface area (Å²) in [6, 6.07) is 8.77. The summed E-state index contributed by atoms with van der Waals surface area (Å²) in [4.78, 5) is 15.2. The highest BCUT2D eigenvalue weighted by atomic mass is 19.4. The maximum absolute atomic E-state index is 14.0. The number of benzene rings is 2. The van der Waals surface area contributed by atoms with Gasteiger partial charge in [-0.2, -0.15) is 23.0 Å². The third-order valence-electron chi connectivity index (χ3n) is 6.52. The van der Waals surface area contributed by atoms with Crippen molar-refractivity contribution in [3.05, 3.63) is 63.4 Å². The molecule has 2 aliphatic rings.